The second-order valence-corrected chi connectivity index (χ2v) is 3.20. The summed E-state index contributed by atoms with van der Waals surface area (Å²) in [4.78, 5) is 12.3. The number of rotatable bonds is 1. The Kier molecular flexibility index (Phi) is 2.39. The zero-order valence-electron chi connectivity index (χ0n) is 5.62. The molecule has 10 heavy (non-hydrogen) atoms. The number of thioether (sulfide) groups is 1. The molecule has 0 aliphatic carbocycles. The highest BCUT2D eigenvalue weighted by atomic mass is 32.2. The number of nitrogens with two attached hydrogens (primary N) is 2. The number of carbonyl (C=O) groups is 1. The number of amides is 2. The normalized spacial score (nSPS) is 25.3. The van der Waals surface area contributed by atoms with E-state index in [9.17, 15) is 4.79 Å². The van der Waals surface area contributed by atoms with Crippen LogP contribution in [0.3, 0.4) is 0 Å². The third-order valence-electron chi connectivity index (χ3n) is 1.54. The largest absolute Gasteiger partial charge is 0.351 e. The van der Waals surface area contributed by atoms with Crippen LogP contribution in [-0.2, 0) is 0 Å². The molecule has 1 atom stereocenters. The lowest BCUT2D eigenvalue weighted by Crippen LogP contribution is -2.43. The zero-order chi connectivity index (χ0) is 7.56. The molecule has 1 aliphatic rings. The molecule has 0 aromatic heterocycles. The third kappa shape index (κ3) is 1.35. The molecule has 0 radical (unpaired) electrons. The molecule has 2 amide bonds. The minimum atomic E-state index is -0.361. The molecule has 1 fully saturated rings. The smallest absolute Gasteiger partial charge is 0.315 e. The fourth-order valence-corrected chi connectivity index (χ4v) is 2.15. The maximum absolute atomic E-state index is 10.7. The average Bonchev–Trinajstić information content (AvgIpc) is 2.33. The van der Waals surface area contributed by atoms with Gasteiger partial charge in [0, 0.05) is 12.3 Å². The summed E-state index contributed by atoms with van der Waals surface area (Å²) in [7, 11) is 0. The minimum absolute atomic E-state index is 0.155. The van der Waals surface area contributed by atoms with Gasteiger partial charge in [0.25, 0.3) is 0 Å². The van der Waals surface area contributed by atoms with Gasteiger partial charge in [-0.3, -0.25) is 0 Å². The summed E-state index contributed by atoms with van der Waals surface area (Å²) in [6.45, 7) is 0.510. The van der Waals surface area contributed by atoms with E-state index in [1.807, 2.05) is 0 Å². The number of nitrogens with zero attached hydrogens (tertiary/aromatic N) is 1. The number of carbonyl (C=O) groups excluding carboxylic acids is 1. The van der Waals surface area contributed by atoms with E-state index >= 15 is 0 Å². The van der Waals surface area contributed by atoms with E-state index in [4.69, 9.17) is 11.5 Å². The van der Waals surface area contributed by atoms with Crippen molar-refractivity contribution in [1.82, 2.24) is 4.90 Å². The molecule has 1 unspecified atom stereocenters. The molecule has 4 N–H and O–H groups in total. The van der Waals surface area contributed by atoms with Gasteiger partial charge in [-0.1, -0.05) is 0 Å². The zero-order valence-corrected chi connectivity index (χ0v) is 6.43. The van der Waals surface area contributed by atoms with Gasteiger partial charge in [0.15, 0.2) is 0 Å². The van der Waals surface area contributed by atoms with Crippen LogP contribution in [0.1, 0.15) is 0 Å². The van der Waals surface area contributed by atoms with E-state index in [-0.39, 0.29) is 12.1 Å². The summed E-state index contributed by atoms with van der Waals surface area (Å²) in [5.74, 6) is 1.61. The molecule has 0 saturated carbocycles. The second-order valence-electron chi connectivity index (χ2n) is 2.20. The predicted molar refractivity (Wildman–Crippen MR) is 41.6 cm³/mol. The maximum atomic E-state index is 10.7. The van der Waals surface area contributed by atoms with Crippen LogP contribution >= 0.6 is 11.8 Å². The lowest BCUT2D eigenvalue weighted by molar-refractivity contribution is 0.206. The summed E-state index contributed by atoms with van der Waals surface area (Å²) in [6, 6.07) is -0.206. The van der Waals surface area contributed by atoms with Gasteiger partial charge < -0.3 is 16.4 Å². The van der Waals surface area contributed by atoms with Crippen molar-refractivity contribution in [3.05, 3.63) is 0 Å². The molecule has 1 saturated heterocycles. The van der Waals surface area contributed by atoms with Gasteiger partial charge in [0.1, 0.15) is 0 Å². The van der Waals surface area contributed by atoms with Gasteiger partial charge in [-0.05, 0) is 0 Å². The average molecular weight is 161 g/mol. The molecular weight excluding hydrogens is 150 g/mol. The van der Waals surface area contributed by atoms with Crippen molar-refractivity contribution in [2.24, 2.45) is 11.5 Å². The number of urea groups is 1. The first-order chi connectivity index (χ1) is 4.75. The lowest BCUT2D eigenvalue weighted by atomic mass is 10.3. The molecule has 58 valence electrons. The highest BCUT2D eigenvalue weighted by Crippen LogP contribution is 2.18. The summed E-state index contributed by atoms with van der Waals surface area (Å²) in [5.41, 5.74) is 10.5. The highest BCUT2D eigenvalue weighted by Gasteiger charge is 2.25. The fraction of sp³-hybridized carbons (Fsp3) is 0.800. The third-order valence-corrected chi connectivity index (χ3v) is 2.62. The van der Waals surface area contributed by atoms with Crippen LogP contribution in [0.5, 0.6) is 0 Å². The topological polar surface area (TPSA) is 72.3 Å². The van der Waals surface area contributed by atoms with Gasteiger partial charge in [-0.15, -0.1) is 11.8 Å². The number of hydrogen-bond donors (Lipinski definition) is 2. The van der Waals surface area contributed by atoms with Crippen molar-refractivity contribution in [2.45, 2.75) is 6.04 Å². The van der Waals surface area contributed by atoms with E-state index in [2.05, 4.69) is 0 Å². The van der Waals surface area contributed by atoms with Crippen molar-refractivity contribution in [3.8, 4) is 0 Å². The van der Waals surface area contributed by atoms with Crippen molar-refractivity contribution in [1.29, 1.82) is 0 Å². The molecule has 5 heteroatoms. The maximum Gasteiger partial charge on any atom is 0.315 e. The lowest BCUT2D eigenvalue weighted by Gasteiger charge is -2.19. The molecule has 0 spiro atoms. The quantitative estimate of drug-likeness (QED) is 0.539. The van der Waals surface area contributed by atoms with Crippen molar-refractivity contribution in [3.63, 3.8) is 0 Å². The Hall–Kier alpha value is -0.420. The van der Waals surface area contributed by atoms with E-state index in [0.717, 1.165) is 5.75 Å². The first-order valence-electron chi connectivity index (χ1n) is 3.09. The van der Waals surface area contributed by atoms with E-state index in [1.54, 1.807) is 16.7 Å². The highest BCUT2D eigenvalue weighted by molar-refractivity contribution is 7.99. The Morgan fingerprint density at radius 1 is 1.80 bits per heavy atom. The van der Waals surface area contributed by atoms with Gasteiger partial charge in [0.05, 0.1) is 11.9 Å². The monoisotopic (exact) mass is 161 g/mol. The Bertz CT molecular complexity index is 141. The molecule has 1 heterocycles. The Balaban J connectivity index is 2.50. The Morgan fingerprint density at radius 2 is 2.50 bits per heavy atom. The molecular formula is C5H11N3OS. The molecule has 1 rings (SSSR count). The van der Waals surface area contributed by atoms with Crippen LogP contribution < -0.4 is 11.5 Å². The summed E-state index contributed by atoms with van der Waals surface area (Å²) in [6.07, 6.45) is 0. The SMILES string of the molecule is NCC1CSCN1C(N)=O. The van der Waals surface area contributed by atoms with Crippen molar-refractivity contribution < 1.29 is 4.79 Å². The van der Waals surface area contributed by atoms with E-state index in [0.29, 0.717) is 12.4 Å². The fourth-order valence-electron chi connectivity index (χ4n) is 0.921. The molecule has 1 aliphatic heterocycles. The number of primary amides is 1. The van der Waals surface area contributed by atoms with Crippen molar-refractivity contribution >= 4 is 17.8 Å². The Morgan fingerprint density at radius 3 is 2.90 bits per heavy atom. The second kappa shape index (κ2) is 3.12. The summed E-state index contributed by atoms with van der Waals surface area (Å²) in [5, 5.41) is 0. The standard InChI is InChI=1S/C5H11N3OS/c6-1-4-2-10-3-8(4)5(7)9/h4H,1-3,6H2,(H2,7,9). The van der Waals surface area contributed by atoms with Crippen LogP contribution in [0.15, 0.2) is 0 Å². The van der Waals surface area contributed by atoms with Crippen LogP contribution in [0.2, 0.25) is 0 Å². The van der Waals surface area contributed by atoms with Crippen LogP contribution in [-0.4, -0.2) is 35.1 Å². The van der Waals surface area contributed by atoms with Crippen LogP contribution in [0, 0.1) is 0 Å². The molecule has 0 aromatic rings. The van der Waals surface area contributed by atoms with E-state index in [1.165, 1.54) is 0 Å². The predicted octanol–water partition coefficient (Wildman–Crippen LogP) is -0.601. The van der Waals surface area contributed by atoms with Crippen LogP contribution in [0.25, 0.3) is 0 Å². The Labute approximate surface area is 63.9 Å². The van der Waals surface area contributed by atoms with E-state index < -0.39 is 0 Å². The van der Waals surface area contributed by atoms with Crippen LogP contribution in [0.4, 0.5) is 4.79 Å². The minimum Gasteiger partial charge on any atom is -0.351 e. The van der Waals surface area contributed by atoms with Crippen molar-refractivity contribution in [2.75, 3.05) is 18.2 Å². The van der Waals surface area contributed by atoms with Gasteiger partial charge in [-0.2, -0.15) is 0 Å². The molecule has 0 aromatic carbocycles. The summed E-state index contributed by atoms with van der Waals surface area (Å²) >= 11 is 1.69. The first kappa shape index (κ1) is 7.68. The summed E-state index contributed by atoms with van der Waals surface area (Å²) < 4.78 is 0. The number of hydrogen-bond acceptors (Lipinski definition) is 3. The first-order valence-corrected chi connectivity index (χ1v) is 4.25. The van der Waals surface area contributed by atoms with Gasteiger partial charge in [0.2, 0.25) is 0 Å². The van der Waals surface area contributed by atoms with Gasteiger partial charge >= 0.3 is 6.03 Å². The molecule has 4 nitrogen and oxygen atoms in total. The molecule has 0 bridgehead atoms. The van der Waals surface area contributed by atoms with Gasteiger partial charge in [-0.25, -0.2) is 4.79 Å².